The molecule has 0 saturated carbocycles. The lowest BCUT2D eigenvalue weighted by Gasteiger charge is -2.39. The molecule has 0 bridgehead atoms. The number of aromatic nitrogens is 1. The molecule has 2 saturated heterocycles. The van der Waals surface area contributed by atoms with E-state index in [-0.39, 0.29) is 24.3 Å². The SMILES string of the molecule is C[C@@H](c1ccc(Cl)cc1)N1C(=O)CC(Sc2ccccc2)(C(=O)NCCCN2CCOCC2)C1c1c[nH]c2cc(Cl)ccc12. The topological polar surface area (TPSA) is 77.7 Å². The van der Waals surface area contributed by atoms with Crippen LogP contribution >= 0.6 is 35.0 Å². The Labute approximate surface area is 272 Å². The number of H-pyrrole nitrogens is 1. The summed E-state index contributed by atoms with van der Waals surface area (Å²) in [6, 6.07) is 22.3. The molecule has 3 atom stereocenters. The van der Waals surface area contributed by atoms with Crippen molar-refractivity contribution in [3.05, 3.63) is 100 Å². The van der Waals surface area contributed by atoms with E-state index in [0.29, 0.717) is 16.6 Å². The predicted octanol–water partition coefficient (Wildman–Crippen LogP) is 6.88. The number of likely N-dealkylation sites (tertiary alicyclic amines) is 1. The first kappa shape index (κ1) is 31.0. The minimum Gasteiger partial charge on any atom is -0.379 e. The van der Waals surface area contributed by atoms with Crippen molar-refractivity contribution >= 4 is 57.7 Å². The average Bonchev–Trinajstić information content (AvgIpc) is 3.57. The van der Waals surface area contributed by atoms with Crippen molar-refractivity contribution in [3.8, 4) is 0 Å². The number of fused-ring (bicyclic) bond motifs is 1. The number of halogens is 2. The molecule has 2 N–H and O–H groups in total. The Morgan fingerprint density at radius 3 is 2.55 bits per heavy atom. The van der Waals surface area contributed by atoms with Crippen LogP contribution in [0.3, 0.4) is 0 Å². The molecule has 0 radical (unpaired) electrons. The summed E-state index contributed by atoms with van der Waals surface area (Å²) < 4.78 is 4.34. The normalized spacial score (nSPS) is 21.6. The van der Waals surface area contributed by atoms with Gasteiger partial charge in [0.15, 0.2) is 0 Å². The number of benzene rings is 3. The highest BCUT2D eigenvalue weighted by Crippen LogP contribution is 2.56. The fraction of sp³-hybridized carbons (Fsp3) is 0.353. The van der Waals surface area contributed by atoms with Gasteiger partial charge in [-0.05, 0) is 61.9 Å². The number of carbonyl (C=O) groups is 2. The van der Waals surface area contributed by atoms with Crippen LogP contribution in [0.5, 0.6) is 0 Å². The minimum atomic E-state index is -1.13. The Hall–Kier alpha value is -3.01. The maximum absolute atomic E-state index is 14.6. The zero-order valence-electron chi connectivity index (χ0n) is 24.6. The number of amides is 2. The summed E-state index contributed by atoms with van der Waals surface area (Å²) >= 11 is 14.0. The largest absolute Gasteiger partial charge is 0.379 e. The van der Waals surface area contributed by atoms with Crippen LogP contribution < -0.4 is 5.32 Å². The lowest BCUT2D eigenvalue weighted by molar-refractivity contribution is -0.131. The standard InChI is InChI=1S/C34H36Cl2N4O3S/c1-23(24-8-10-25(35)11-9-24)40-31(41)21-34(44-27-6-3-2-4-7-27,33(42)37-14-5-15-39-16-18-43-19-17-39)32(40)29-22-38-30-20-26(36)12-13-28(29)30/h2-4,6-13,20,22-23,32,38H,5,14-19,21H2,1H3,(H,37,42)/t23-,32?,34?/m0/s1. The molecule has 6 rings (SSSR count). The Kier molecular flexibility index (Phi) is 9.54. The van der Waals surface area contributed by atoms with E-state index in [0.717, 1.165) is 66.2 Å². The summed E-state index contributed by atoms with van der Waals surface area (Å²) in [5, 5.41) is 5.43. The molecule has 2 aliphatic rings. The highest BCUT2D eigenvalue weighted by Gasteiger charge is 2.59. The molecule has 2 aliphatic heterocycles. The minimum absolute atomic E-state index is 0.0602. The van der Waals surface area contributed by atoms with Crippen LogP contribution in [0.25, 0.3) is 10.9 Å². The second-order valence-corrected chi connectivity index (χ2v) is 13.7. The van der Waals surface area contributed by atoms with E-state index in [1.54, 1.807) is 0 Å². The van der Waals surface area contributed by atoms with Gasteiger partial charge in [-0.25, -0.2) is 0 Å². The Morgan fingerprint density at radius 1 is 1.07 bits per heavy atom. The fourth-order valence-corrected chi connectivity index (χ4v) is 8.12. The van der Waals surface area contributed by atoms with Crippen molar-refractivity contribution in [3.63, 3.8) is 0 Å². The molecule has 3 aromatic carbocycles. The first-order valence-electron chi connectivity index (χ1n) is 15.0. The maximum Gasteiger partial charge on any atom is 0.239 e. The molecule has 1 aromatic heterocycles. The van der Waals surface area contributed by atoms with Crippen molar-refractivity contribution in [2.24, 2.45) is 0 Å². The van der Waals surface area contributed by atoms with Crippen LogP contribution in [-0.4, -0.2) is 70.7 Å². The molecule has 44 heavy (non-hydrogen) atoms. The molecule has 4 aromatic rings. The first-order valence-corrected chi connectivity index (χ1v) is 16.6. The van der Waals surface area contributed by atoms with Crippen LogP contribution in [0.15, 0.2) is 83.9 Å². The molecule has 10 heteroatoms. The van der Waals surface area contributed by atoms with Crippen LogP contribution in [0.2, 0.25) is 10.0 Å². The third-order valence-electron chi connectivity index (χ3n) is 8.63. The van der Waals surface area contributed by atoms with Gasteiger partial charge in [-0.15, -0.1) is 11.8 Å². The summed E-state index contributed by atoms with van der Waals surface area (Å²) in [6.45, 7) is 6.71. The van der Waals surface area contributed by atoms with E-state index >= 15 is 0 Å². The van der Waals surface area contributed by atoms with Gasteiger partial charge in [0.25, 0.3) is 0 Å². The van der Waals surface area contributed by atoms with Crippen LogP contribution in [0.4, 0.5) is 0 Å². The van der Waals surface area contributed by atoms with Gasteiger partial charge in [0.1, 0.15) is 4.75 Å². The predicted molar refractivity (Wildman–Crippen MR) is 177 cm³/mol. The number of nitrogens with zero attached hydrogens (tertiary/aromatic N) is 2. The van der Waals surface area contributed by atoms with Crippen molar-refractivity contribution in [2.45, 2.75) is 41.5 Å². The first-order chi connectivity index (χ1) is 21.4. The third-order valence-corrected chi connectivity index (χ3v) is 10.5. The van der Waals surface area contributed by atoms with E-state index in [4.69, 9.17) is 27.9 Å². The van der Waals surface area contributed by atoms with Gasteiger partial charge in [0.05, 0.1) is 31.7 Å². The Bertz CT molecular complexity index is 1610. The molecule has 0 aliphatic carbocycles. The van der Waals surface area contributed by atoms with Crippen molar-refractivity contribution in [2.75, 3.05) is 39.4 Å². The maximum atomic E-state index is 14.6. The quantitative estimate of drug-likeness (QED) is 0.183. The number of aromatic amines is 1. The summed E-state index contributed by atoms with van der Waals surface area (Å²) in [7, 11) is 0. The second kappa shape index (κ2) is 13.5. The molecule has 3 heterocycles. The van der Waals surface area contributed by atoms with Gasteiger partial charge in [-0.1, -0.05) is 59.6 Å². The van der Waals surface area contributed by atoms with Gasteiger partial charge in [-0.2, -0.15) is 0 Å². The summed E-state index contributed by atoms with van der Waals surface area (Å²) in [5.74, 6) is -0.214. The van der Waals surface area contributed by atoms with Gasteiger partial charge >= 0.3 is 0 Å². The summed E-state index contributed by atoms with van der Waals surface area (Å²) in [4.78, 5) is 37.4. The summed E-state index contributed by atoms with van der Waals surface area (Å²) in [6.07, 6.45) is 2.80. The number of hydrogen-bond acceptors (Lipinski definition) is 5. The van der Waals surface area contributed by atoms with E-state index in [1.807, 2.05) is 90.8 Å². The number of morpholine rings is 1. The number of ether oxygens (including phenoxy) is 1. The zero-order chi connectivity index (χ0) is 30.7. The molecule has 230 valence electrons. The molecular weight excluding hydrogens is 615 g/mol. The third kappa shape index (κ3) is 6.37. The van der Waals surface area contributed by atoms with Crippen molar-refractivity contribution in [1.82, 2.24) is 20.1 Å². The van der Waals surface area contributed by atoms with Gasteiger partial charge in [-0.3, -0.25) is 14.5 Å². The smallest absolute Gasteiger partial charge is 0.239 e. The van der Waals surface area contributed by atoms with Crippen LogP contribution in [-0.2, 0) is 14.3 Å². The van der Waals surface area contributed by atoms with E-state index in [9.17, 15) is 9.59 Å². The molecule has 2 unspecified atom stereocenters. The second-order valence-electron chi connectivity index (χ2n) is 11.4. The highest BCUT2D eigenvalue weighted by molar-refractivity contribution is 8.01. The molecule has 7 nitrogen and oxygen atoms in total. The lowest BCUT2D eigenvalue weighted by atomic mass is 9.90. The van der Waals surface area contributed by atoms with Gasteiger partial charge in [0, 0.05) is 57.2 Å². The van der Waals surface area contributed by atoms with Gasteiger partial charge < -0.3 is 19.9 Å². The number of thioether (sulfide) groups is 1. The van der Waals surface area contributed by atoms with Gasteiger partial charge in [0.2, 0.25) is 11.8 Å². The Balaban J connectivity index is 1.41. The van der Waals surface area contributed by atoms with E-state index in [2.05, 4.69) is 15.2 Å². The fourth-order valence-electron chi connectivity index (χ4n) is 6.39. The van der Waals surface area contributed by atoms with E-state index < -0.39 is 10.8 Å². The molecule has 2 amide bonds. The number of carbonyl (C=O) groups excluding carboxylic acids is 2. The Morgan fingerprint density at radius 2 is 1.80 bits per heavy atom. The highest BCUT2D eigenvalue weighted by atomic mass is 35.5. The average molecular weight is 652 g/mol. The van der Waals surface area contributed by atoms with Crippen LogP contribution in [0, 0.1) is 0 Å². The monoisotopic (exact) mass is 650 g/mol. The number of rotatable bonds is 10. The lowest BCUT2D eigenvalue weighted by Crippen LogP contribution is -2.49. The van der Waals surface area contributed by atoms with Crippen molar-refractivity contribution < 1.29 is 14.3 Å². The summed E-state index contributed by atoms with van der Waals surface area (Å²) in [5.41, 5.74) is 2.69. The molecule has 0 spiro atoms. The zero-order valence-corrected chi connectivity index (χ0v) is 26.9. The number of hydrogen-bond donors (Lipinski definition) is 2. The van der Waals surface area contributed by atoms with E-state index in [1.165, 1.54) is 11.8 Å². The van der Waals surface area contributed by atoms with Crippen LogP contribution in [0.1, 0.15) is 43.0 Å². The molecule has 2 fully saturated rings. The molecular formula is C34H36Cl2N4O3S. The van der Waals surface area contributed by atoms with Crippen molar-refractivity contribution in [1.29, 1.82) is 0 Å². The number of nitrogens with one attached hydrogen (secondary N) is 2.